The summed E-state index contributed by atoms with van der Waals surface area (Å²) in [4.78, 5) is 25.5. The zero-order chi connectivity index (χ0) is 17.1. The van der Waals surface area contributed by atoms with Crippen molar-refractivity contribution >= 4 is 17.6 Å². The summed E-state index contributed by atoms with van der Waals surface area (Å²) in [6.07, 6.45) is 3.31. The predicted molar refractivity (Wildman–Crippen MR) is 93.0 cm³/mol. The van der Waals surface area contributed by atoms with Crippen molar-refractivity contribution in [3.63, 3.8) is 0 Å². The molecule has 3 N–H and O–H groups in total. The summed E-state index contributed by atoms with van der Waals surface area (Å²) < 4.78 is 0. The Morgan fingerprint density at radius 3 is 2.17 bits per heavy atom. The molecule has 0 atom stereocenters. The molecule has 5 heteroatoms. The van der Waals surface area contributed by atoms with E-state index in [0.29, 0.717) is 11.3 Å². The third-order valence-electron chi connectivity index (χ3n) is 4.31. The number of carboxylic acid groups (broad SMARTS) is 1. The Balaban J connectivity index is 1.84. The first kappa shape index (κ1) is 16.1. The van der Waals surface area contributed by atoms with Crippen LogP contribution in [0.15, 0.2) is 42.5 Å². The van der Waals surface area contributed by atoms with Crippen LogP contribution in [0, 0.1) is 0 Å². The number of amides is 1. The number of hydrogen-bond acceptors (Lipinski definition) is 3. The maximum absolute atomic E-state index is 12.5. The minimum atomic E-state index is -1.01. The topological polar surface area (TPSA) is 83.6 Å². The van der Waals surface area contributed by atoms with E-state index in [1.807, 2.05) is 17.0 Å². The number of piperidine rings is 1. The van der Waals surface area contributed by atoms with E-state index in [4.69, 9.17) is 10.8 Å². The lowest BCUT2D eigenvalue weighted by molar-refractivity contribution is 0.0694. The first-order valence-electron chi connectivity index (χ1n) is 8.08. The number of carboxylic acids is 1. The zero-order valence-corrected chi connectivity index (χ0v) is 13.4. The molecule has 1 saturated heterocycles. The van der Waals surface area contributed by atoms with Gasteiger partial charge in [-0.05, 0) is 60.7 Å². The molecule has 5 nitrogen and oxygen atoms in total. The molecular formula is C19H20N2O3. The van der Waals surface area contributed by atoms with Crippen molar-refractivity contribution in [2.45, 2.75) is 19.3 Å². The number of likely N-dealkylation sites (tertiary alicyclic amines) is 1. The zero-order valence-electron chi connectivity index (χ0n) is 13.4. The standard InChI is InChI=1S/C19H20N2O3/c20-17-11-15(10-16(12-17)19(23)24)13-4-6-14(7-5-13)18(22)21-8-2-1-3-9-21/h4-7,10-12H,1-3,8-9,20H2,(H,23,24). The Morgan fingerprint density at radius 1 is 0.875 bits per heavy atom. The molecule has 1 fully saturated rings. The predicted octanol–water partition coefficient (Wildman–Crippen LogP) is 3.26. The van der Waals surface area contributed by atoms with E-state index in [9.17, 15) is 9.59 Å². The van der Waals surface area contributed by atoms with Crippen molar-refractivity contribution in [3.05, 3.63) is 53.6 Å². The summed E-state index contributed by atoms with van der Waals surface area (Å²) in [5, 5.41) is 9.14. The molecule has 2 aromatic rings. The quantitative estimate of drug-likeness (QED) is 0.849. The first-order chi connectivity index (χ1) is 11.5. The molecule has 0 saturated carbocycles. The Labute approximate surface area is 140 Å². The highest BCUT2D eigenvalue weighted by Crippen LogP contribution is 2.25. The van der Waals surface area contributed by atoms with Gasteiger partial charge in [-0.15, -0.1) is 0 Å². The summed E-state index contributed by atoms with van der Waals surface area (Å²) in [5.41, 5.74) is 8.55. The van der Waals surface area contributed by atoms with E-state index in [-0.39, 0.29) is 11.5 Å². The Hall–Kier alpha value is -2.82. The summed E-state index contributed by atoms with van der Waals surface area (Å²) in [7, 11) is 0. The maximum Gasteiger partial charge on any atom is 0.335 e. The normalized spacial score (nSPS) is 14.4. The van der Waals surface area contributed by atoms with Gasteiger partial charge in [0.15, 0.2) is 0 Å². The highest BCUT2D eigenvalue weighted by atomic mass is 16.4. The SMILES string of the molecule is Nc1cc(C(=O)O)cc(-c2ccc(C(=O)N3CCCCC3)cc2)c1. The van der Waals surface area contributed by atoms with E-state index in [1.54, 1.807) is 24.3 Å². The van der Waals surface area contributed by atoms with Gasteiger partial charge in [0.25, 0.3) is 5.91 Å². The fourth-order valence-electron chi connectivity index (χ4n) is 3.03. The van der Waals surface area contributed by atoms with E-state index in [2.05, 4.69) is 0 Å². The lowest BCUT2D eigenvalue weighted by Crippen LogP contribution is -2.35. The highest BCUT2D eigenvalue weighted by molar-refractivity contribution is 5.95. The van der Waals surface area contributed by atoms with Crippen LogP contribution < -0.4 is 5.73 Å². The molecule has 0 aromatic heterocycles. The molecule has 0 aliphatic carbocycles. The fourth-order valence-corrected chi connectivity index (χ4v) is 3.03. The van der Waals surface area contributed by atoms with Crippen LogP contribution >= 0.6 is 0 Å². The first-order valence-corrected chi connectivity index (χ1v) is 8.08. The molecule has 2 aromatic carbocycles. The van der Waals surface area contributed by atoms with Crippen LogP contribution in [0.3, 0.4) is 0 Å². The van der Waals surface area contributed by atoms with E-state index in [1.165, 1.54) is 12.5 Å². The Kier molecular flexibility index (Phi) is 4.51. The van der Waals surface area contributed by atoms with Crippen LogP contribution in [0.1, 0.15) is 40.0 Å². The number of hydrogen-bond donors (Lipinski definition) is 2. The van der Waals surface area contributed by atoms with Gasteiger partial charge in [0.2, 0.25) is 0 Å². The van der Waals surface area contributed by atoms with Crippen LogP contribution in [-0.4, -0.2) is 35.0 Å². The van der Waals surface area contributed by atoms with Gasteiger partial charge < -0.3 is 15.7 Å². The van der Waals surface area contributed by atoms with Gasteiger partial charge in [-0.1, -0.05) is 12.1 Å². The molecule has 1 aliphatic heterocycles. The number of aromatic carboxylic acids is 1. The average Bonchev–Trinajstić information content (AvgIpc) is 2.61. The van der Waals surface area contributed by atoms with E-state index in [0.717, 1.165) is 37.1 Å². The number of nitrogens with zero attached hydrogens (tertiary/aromatic N) is 1. The minimum Gasteiger partial charge on any atom is -0.478 e. The van der Waals surface area contributed by atoms with Gasteiger partial charge in [-0.25, -0.2) is 4.79 Å². The molecule has 3 rings (SSSR count). The largest absolute Gasteiger partial charge is 0.478 e. The number of carbonyl (C=O) groups is 2. The second-order valence-electron chi connectivity index (χ2n) is 6.08. The smallest absolute Gasteiger partial charge is 0.335 e. The number of rotatable bonds is 3. The molecule has 1 aliphatic rings. The highest BCUT2D eigenvalue weighted by Gasteiger charge is 2.18. The number of benzene rings is 2. The monoisotopic (exact) mass is 324 g/mol. The summed E-state index contributed by atoms with van der Waals surface area (Å²) in [6.45, 7) is 1.63. The molecule has 0 spiro atoms. The van der Waals surface area contributed by atoms with Gasteiger partial charge >= 0.3 is 5.97 Å². The average molecular weight is 324 g/mol. The minimum absolute atomic E-state index is 0.0556. The van der Waals surface area contributed by atoms with Crippen LogP contribution in [0.5, 0.6) is 0 Å². The van der Waals surface area contributed by atoms with Gasteiger partial charge in [0.05, 0.1) is 5.56 Å². The molecule has 0 radical (unpaired) electrons. The van der Waals surface area contributed by atoms with Crippen molar-refractivity contribution in [1.82, 2.24) is 4.90 Å². The van der Waals surface area contributed by atoms with Crippen molar-refractivity contribution < 1.29 is 14.7 Å². The van der Waals surface area contributed by atoms with Gasteiger partial charge in [0, 0.05) is 24.3 Å². The number of anilines is 1. The van der Waals surface area contributed by atoms with Crippen LogP contribution in [0.4, 0.5) is 5.69 Å². The fraction of sp³-hybridized carbons (Fsp3) is 0.263. The molecule has 124 valence electrons. The lowest BCUT2D eigenvalue weighted by Gasteiger charge is -2.26. The second-order valence-corrected chi connectivity index (χ2v) is 6.08. The molecule has 0 bridgehead atoms. The third-order valence-corrected chi connectivity index (χ3v) is 4.31. The van der Waals surface area contributed by atoms with Crippen LogP contribution in [0.25, 0.3) is 11.1 Å². The number of carbonyl (C=O) groups excluding carboxylic acids is 1. The third kappa shape index (κ3) is 3.40. The molecule has 1 heterocycles. The number of nitrogen functional groups attached to an aromatic ring is 1. The van der Waals surface area contributed by atoms with Gasteiger partial charge in [-0.3, -0.25) is 4.79 Å². The Bertz CT molecular complexity index is 763. The van der Waals surface area contributed by atoms with Crippen LogP contribution in [-0.2, 0) is 0 Å². The maximum atomic E-state index is 12.5. The second kappa shape index (κ2) is 6.74. The summed E-state index contributed by atoms with van der Waals surface area (Å²) in [6, 6.07) is 12.0. The summed E-state index contributed by atoms with van der Waals surface area (Å²) in [5.74, 6) is -0.958. The van der Waals surface area contributed by atoms with Gasteiger partial charge in [0.1, 0.15) is 0 Å². The van der Waals surface area contributed by atoms with E-state index < -0.39 is 5.97 Å². The Morgan fingerprint density at radius 2 is 1.54 bits per heavy atom. The summed E-state index contributed by atoms with van der Waals surface area (Å²) >= 11 is 0. The number of nitrogens with two attached hydrogens (primary N) is 1. The van der Waals surface area contributed by atoms with Gasteiger partial charge in [-0.2, -0.15) is 0 Å². The van der Waals surface area contributed by atoms with Crippen molar-refractivity contribution in [1.29, 1.82) is 0 Å². The van der Waals surface area contributed by atoms with Crippen molar-refractivity contribution in [2.24, 2.45) is 0 Å². The molecule has 24 heavy (non-hydrogen) atoms. The van der Waals surface area contributed by atoms with Crippen LogP contribution in [0.2, 0.25) is 0 Å². The van der Waals surface area contributed by atoms with Crippen molar-refractivity contribution in [2.75, 3.05) is 18.8 Å². The van der Waals surface area contributed by atoms with Crippen molar-refractivity contribution in [3.8, 4) is 11.1 Å². The lowest BCUT2D eigenvalue weighted by atomic mass is 10.0. The molecular weight excluding hydrogens is 304 g/mol. The molecule has 0 unspecified atom stereocenters. The molecule has 1 amide bonds. The van der Waals surface area contributed by atoms with E-state index >= 15 is 0 Å².